The van der Waals surface area contributed by atoms with Gasteiger partial charge in [0.25, 0.3) is 0 Å². The molecule has 1 heterocycles. The van der Waals surface area contributed by atoms with Crippen molar-refractivity contribution in [2.75, 3.05) is 18.2 Å². The van der Waals surface area contributed by atoms with E-state index in [0.717, 1.165) is 17.1 Å². The molecular formula is C13H12N4O2. The Morgan fingerprint density at radius 3 is 2.68 bits per heavy atom. The molecule has 3 rings (SSSR count). The number of methoxy groups -OCH3 is 1. The highest BCUT2D eigenvalue weighted by Crippen LogP contribution is 2.31. The topological polar surface area (TPSA) is 86.2 Å². The molecule has 3 N–H and O–H groups in total. The van der Waals surface area contributed by atoms with Crippen LogP contribution in [-0.4, -0.2) is 17.4 Å². The summed E-state index contributed by atoms with van der Waals surface area (Å²) in [5.41, 5.74) is 9.06. The summed E-state index contributed by atoms with van der Waals surface area (Å²) in [4.78, 5) is 0. The van der Waals surface area contributed by atoms with E-state index in [1.54, 1.807) is 13.2 Å². The second kappa shape index (κ2) is 4.49. The molecule has 0 unspecified atom stereocenters. The molecule has 0 saturated heterocycles. The Morgan fingerprint density at radius 1 is 1.05 bits per heavy atom. The SMILES string of the molecule is COc1ccccc1Nc1ccc(N)c2nonc12. The summed E-state index contributed by atoms with van der Waals surface area (Å²) in [7, 11) is 1.62. The summed E-state index contributed by atoms with van der Waals surface area (Å²) in [5.74, 6) is 0.740. The molecule has 0 saturated carbocycles. The van der Waals surface area contributed by atoms with Crippen LogP contribution in [0.4, 0.5) is 17.1 Å². The summed E-state index contributed by atoms with van der Waals surface area (Å²) < 4.78 is 10.0. The molecule has 3 aromatic rings. The number of rotatable bonds is 3. The van der Waals surface area contributed by atoms with Crippen LogP contribution in [0.5, 0.6) is 5.75 Å². The van der Waals surface area contributed by atoms with Gasteiger partial charge >= 0.3 is 0 Å². The lowest BCUT2D eigenvalue weighted by Crippen LogP contribution is -1.96. The number of anilines is 3. The standard InChI is InChI=1S/C13H12N4O2/c1-18-11-5-3-2-4-9(11)15-10-7-6-8(14)12-13(10)17-19-16-12/h2-7,15H,14H2,1H3. The molecule has 0 atom stereocenters. The molecule has 19 heavy (non-hydrogen) atoms. The number of nitrogens with zero attached hydrogens (tertiary/aromatic N) is 2. The van der Waals surface area contributed by atoms with Gasteiger partial charge in [-0.1, -0.05) is 12.1 Å². The van der Waals surface area contributed by atoms with Crippen molar-refractivity contribution in [2.24, 2.45) is 0 Å². The van der Waals surface area contributed by atoms with E-state index in [4.69, 9.17) is 15.1 Å². The number of hydrogen-bond acceptors (Lipinski definition) is 6. The molecule has 1 aromatic heterocycles. The van der Waals surface area contributed by atoms with Crippen molar-refractivity contribution in [3.05, 3.63) is 36.4 Å². The van der Waals surface area contributed by atoms with Crippen LogP contribution >= 0.6 is 0 Å². The maximum atomic E-state index is 5.80. The molecule has 2 aromatic carbocycles. The van der Waals surface area contributed by atoms with Gasteiger partial charge in [-0.15, -0.1) is 0 Å². The molecule has 6 heteroatoms. The number of nitrogen functional groups attached to an aromatic ring is 1. The lowest BCUT2D eigenvalue weighted by Gasteiger charge is -2.11. The zero-order valence-electron chi connectivity index (χ0n) is 10.3. The third kappa shape index (κ3) is 1.93. The van der Waals surface area contributed by atoms with Crippen LogP contribution in [-0.2, 0) is 0 Å². The fourth-order valence-corrected chi connectivity index (χ4v) is 1.88. The van der Waals surface area contributed by atoms with Crippen LogP contribution in [0.1, 0.15) is 0 Å². The normalized spacial score (nSPS) is 10.6. The number of hydrogen-bond donors (Lipinski definition) is 2. The monoisotopic (exact) mass is 256 g/mol. The third-order valence-electron chi connectivity index (χ3n) is 2.82. The van der Waals surface area contributed by atoms with E-state index in [1.165, 1.54) is 0 Å². The van der Waals surface area contributed by atoms with Gasteiger partial charge in [0.15, 0.2) is 11.0 Å². The first kappa shape index (κ1) is 11.3. The van der Waals surface area contributed by atoms with Crippen LogP contribution in [0.3, 0.4) is 0 Å². The van der Waals surface area contributed by atoms with Gasteiger partial charge in [0, 0.05) is 0 Å². The summed E-state index contributed by atoms with van der Waals surface area (Å²) in [5, 5.41) is 10.9. The molecule has 0 aliphatic heterocycles. The van der Waals surface area contributed by atoms with E-state index in [2.05, 4.69) is 15.6 Å². The quantitative estimate of drug-likeness (QED) is 0.700. The minimum Gasteiger partial charge on any atom is -0.495 e. The second-order valence-electron chi connectivity index (χ2n) is 3.99. The van der Waals surface area contributed by atoms with Gasteiger partial charge in [-0.25, -0.2) is 4.63 Å². The fourth-order valence-electron chi connectivity index (χ4n) is 1.88. The number of para-hydroxylation sites is 2. The maximum absolute atomic E-state index is 5.80. The van der Waals surface area contributed by atoms with Gasteiger partial charge in [-0.3, -0.25) is 0 Å². The number of aromatic nitrogens is 2. The first-order valence-corrected chi connectivity index (χ1v) is 5.70. The van der Waals surface area contributed by atoms with E-state index in [9.17, 15) is 0 Å². The molecule has 0 aliphatic rings. The number of benzene rings is 2. The number of nitrogens with two attached hydrogens (primary N) is 1. The van der Waals surface area contributed by atoms with Crippen LogP contribution < -0.4 is 15.8 Å². The Labute approximate surface area is 109 Å². The van der Waals surface area contributed by atoms with E-state index in [1.807, 2.05) is 30.3 Å². The average molecular weight is 256 g/mol. The van der Waals surface area contributed by atoms with E-state index >= 15 is 0 Å². The van der Waals surface area contributed by atoms with Gasteiger partial charge < -0.3 is 15.8 Å². The first-order chi connectivity index (χ1) is 9.29. The molecule has 0 spiro atoms. The third-order valence-corrected chi connectivity index (χ3v) is 2.82. The van der Waals surface area contributed by atoms with Crippen LogP contribution in [0.25, 0.3) is 11.0 Å². The first-order valence-electron chi connectivity index (χ1n) is 5.70. The van der Waals surface area contributed by atoms with Gasteiger partial charge in [0.05, 0.1) is 24.2 Å². The molecule has 0 fully saturated rings. The van der Waals surface area contributed by atoms with Gasteiger partial charge in [-0.2, -0.15) is 0 Å². The predicted octanol–water partition coefficient (Wildman–Crippen LogP) is 2.56. The maximum Gasteiger partial charge on any atom is 0.160 e. The highest BCUT2D eigenvalue weighted by Gasteiger charge is 2.11. The molecule has 0 amide bonds. The summed E-state index contributed by atoms with van der Waals surface area (Å²) >= 11 is 0. The molecule has 0 radical (unpaired) electrons. The fraction of sp³-hybridized carbons (Fsp3) is 0.0769. The minimum atomic E-state index is 0.529. The van der Waals surface area contributed by atoms with Crippen molar-refractivity contribution < 1.29 is 9.37 Å². The smallest absolute Gasteiger partial charge is 0.160 e. The Kier molecular flexibility index (Phi) is 2.68. The van der Waals surface area contributed by atoms with Gasteiger partial charge in [0.2, 0.25) is 0 Å². The Morgan fingerprint density at radius 2 is 1.84 bits per heavy atom. The Bertz CT molecular complexity index is 723. The average Bonchev–Trinajstić information content (AvgIpc) is 2.93. The molecule has 96 valence electrons. The van der Waals surface area contributed by atoms with Gasteiger partial charge in [0.1, 0.15) is 5.75 Å². The Hall–Kier alpha value is -2.76. The molecule has 6 nitrogen and oxygen atoms in total. The summed E-state index contributed by atoms with van der Waals surface area (Å²) in [6.45, 7) is 0. The second-order valence-corrected chi connectivity index (χ2v) is 3.99. The minimum absolute atomic E-state index is 0.529. The zero-order chi connectivity index (χ0) is 13.2. The van der Waals surface area contributed by atoms with Crippen molar-refractivity contribution in [2.45, 2.75) is 0 Å². The number of fused-ring (bicyclic) bond motifs is 1. The van der Waals surface area contributed by atoms with E-state index in [-0.39, 0.29) is 0 Å². The molecule has 0 bridgehead atoms. The van der Waals surface area contributed by atoms with E-state index in [0.29, 0.717) is 16.7 Å². The largest absolute Gasteiger partial charge is 0.495 e. The lowest BCUT2D eigenvalue weighted by molar-refractivity contribution is 0.316. The van der Waals surface area contributed by atoms with Gasteiger partial charge in [-0.05, 0) is 34.6 Å². The summed E-state index contributed by atoms with van der Waals surface area (Å²) in [6, 6.07) is 11.2. The van der Waals surface area contributed by atoms with Crippen molar-refractivity contribution in [1.29, 1.82) is 0 Å². The van der Waals surface area contributed by atoms with E-state index < -0.39 is 0 Å². The van der Waals surface area contributed by atoms with Crippen LogP contribution in [0, 0.1) is 0 Å². The van der Waals surface area contributed by atoms with Crippen LogP contribution in [0.2, 0.25) is 0 Å². The number of ether oxygens (including phenoxy) is 1. The highest BCUT2D eigenvalue weighted by molar-refractivity contribution is 5.96. The zero-order valence-corrected chi connectivity index (χ0v) is 10.3. The van der Waals surface area contributed by atoms with Crippen molar-refractivity contribution in [3.8, 4) is 5.75 Å². The van der Waals surface area contributed by atoms with Crippen molar-refractivity contribution in [1.82, 2.24) is 10.3 Å². The Balaban J connectivity index is 2.06. The summed E-state index contributed by atoms with van der Waals surface area (Å²) in [6.07, 6.45) is 0. The van der Waals surface area contributed by atoms with Crippen molar-refractivity contribution >= 4 is 28.1 Å². The van der Waals surface area contributed by atoms with Crippen LogP contribution in [0.15, 0.2) is 41.0 Å². The predicted molar refractivity (Wildman–Crippen MR) is 72.5 cm³/mol. The molecule has 0 aliphatic carbocycles. The number of nitrogens with one attached hydrogen (secondary N) is 1. The molecular weight excluding hydrogens is 244 g/mol. The van der Waals surface area contributed by atoms with Crippen molar-refractivity contribution in [3.63, 3.8) is 0 Å². The lowest BCUT2D eigenvalue weighted by atomic mass is 10.2. The highest BCUT2D eigenvalue weighted by atomic mass is 16.6.